The fraction of sp³-hybridized carbons (Fsp3) is 0.250. The van der Waals surface area contributed by atoms with Gasteiger partial charge in [0, 0.05) is 4.88 Å². The van der Waals surface area contributed by atoms with Crippen LogP contribution in [0.4, 0.5) is 0 Å². The van der Waals surface area contributed by atoms with E-state index in [2.05, 4.69) is 0 Å². The highest BCUT2D eigenvalue weighted by Gasteiger charge is 2.44. The molecule has 1 fully saturated rings. The number of ketones is 1. The topological polar surface area (TPSA) is 80.7 Å². The molecule has 0 amide bonds. The zero-order valence-electron chi connectivity index (χ0n) is 9.72. The monoisotopic (exact) mass is 266 g/mol. The van der Waals surface area contributed by atoms with Crippen LogP contribution in [0.5, 0.6) is 0 Å². The van der Waals surface area contributed by atoms with Gasteiger partial charge in [0.25, 0.3) is 0 Å². The van der Waals surface area contributed by atoms with Gasteiger partial charge >= 0.3 is 11.9 Å². The van der Waals surface area contributed by atoms with E-state index in [0.717, 1.165) is 11.3 Å². The molecule has 1 aromatic heterocycles. The van der Waals surface area contributed by atoms with E-state index in [1.165, 1.54) is 26.0 Å². The summed E-state index contributed by atoms with van der Waals surface area (Å²) in [4.78, 5) is 34.8. The lowest BCUT2D eigenvalue weighted by Gasteiger charge is -2.11. The van der Waals surface area contributed by atoms with Crippen molar-refractivity contribution in [3.63, 3.8) is 0 Å². The first-order valence-corrected chi connectivity index (χ1v) is 5.96. The third kappa shape index (κ3) is 2.06. The van der Waals surface area contributed by atoms with E-state index in [1.807, 2.05) is 0 Å². The molecule has 2 heterocycles. The molecule has 18 heavy (non-hydrogen) atoms. The highest BCUT2D eigenvalue weighted by molar-refractivity contribution is 7.14. The van der Waals surface area contributed by atoms with E-state index in [4.69, 9.17) is 9.84 Å². The number of esters is 1. The third-order valence-corrected chi connectivity index (χ3v) is 3.50. The molecule has 1 saturated heterocycles. The van der Waals surface area contributed by atoms with Crippen LogP contribution in [0.15, 0.2) is 17.7 Å². The quantitative estimate of drug-likeness (QED) is 0.501. The summed E-state index contributed by atoms with van der Waals surface area (Å²) in [6, 6.07) is 2.97. The van der Waals surface area contributed by atoms with Crippen LogP contribution in [-0.4, -0.2) is 28.4 Å². The number of thiophene rings is 1. The normalized spacial score (nSPS) is 20.2. The van der Waals surface area contributed by atoms with E-state index in [9.17, 15) is 14.4 Å². The second-order valence-electron chi connectivity index (χ2n) is 4.29. The van der Waals surface area contributed by atoms with E-state index < -0.39 is 23.3 Å². The smallest absolute Gasteiger partial charge is 0.345 e. The Morgan fingerprint density at radius 2 is 2.06 bits per heavy atom. The molecule has 0 aliphatic carbocycles. The second-order valence-corrected chi connectivity index (χ2v) is 5.41. The van der Waals surface area contributed by atoms with Crippen LogP contribution in [0.3, 0.4) is 0 Å². The molecule has 2 rings (SSSR count). The standard InChI is InChI=1S/C12H10O5S/c1-12(2)9(13)7(11(16)17-12)5-6-3-4-8(18-6)10(14)15/h3-5H,1-2H3,(H,14,15). The van der Waals surface area contributed by atoms with Crippen LogP contribution in [0.25, 0.3) is 6.08 Å². The molecule has 1 aliphatic heterocycles. The predicted octanol–water partition coefficient (Wildman–Crippen LogP) is 1.73. The van der Waals surface area contributed by atoms with Crippen LogP contribution in [-0.2, 0) is 14.3 Å². The number of Topliss-reactive ketones (excluding diaryl/α,β-unsaturated/α-hetero) is 1. The zero-order chi connectivity index (χ0) is 13.5. The minimum atomic E-state index is -1.14. The lowest BCUT2D eigenvalue weighted by atomic mass is 10.00. The summed E-state index contributed by atoms with van der Waals surface area (Å²) < 4.78 is 4.93. The fourth-order valence-electron chi connectivity index (χ4n) is 1.56. The van der Waals surface area contributed by atoms with Crippen molar-refractivity contribution in [2.75, 3.05) is 0 Å². The summed E-state index contributed by atoms with van der Waals surface area (Å²) in [5.41, 5.74) is -1.19. The van der Waals surface area contributed by atoms with Gasteiger partial charge in [-0.1, -0.05) is 0 Å². The van der Waals surface area contributed by atoms with Gasteiger partial charge in [0.2, 0.25) is 5.78 Å². The number of carboxylic acid groups (broad SMARTS) is 1. The van der Waals surface area contributed by atoms with Gasteiger partial charge in [0.15, 0.2) is 5.60 Å². The van der Waals surface area contributed by atoms with E-state index in [0.29, 0.717) is 4.88 Å². The van der Waals surface area contributed by atoms with Crippen molar-refractivity contribution in [2.24, 2.45) is 0 Å². The molecule has 6 heteroatoms. The summed E-state index contributed by atoms with van der Waals surface area (Å²) in [6.45, 7) is 3.04. The number of aromatic carboxylic acids is 1. The van der Waals surface area contributed by atoms with Crippen molar-refractivity contribution in [1.82, 2.24) is 0 Å². The maximum absolute atomic E-state index is 11.9. The summed E-state index contributed by atoms with van der Waals surface area (Å²) in [6.07, 6.45) is 1.37. The van der Waals surface area contributed by atoms with Crippen LogP contribution < -0.4 is 0 Å². The van der Waals surface area contributed by atoms with Crippen molar-refractivity contribution in [3.8, 4) is 0 Å². The van der Waals surface area contributed by atoms with Crippen molar-refractivity contribution < 1.29 is 24.2 Å². The maximum Gasteiger partial charge on any atom is 0.345 e. The Morgan fingerprint density at radius 1 is 1.39 bits per heavy atom. The summed E-state index contributed by atoms with van der Waals surface area (Å²) in [5.74, 6) is -2.10. The summed E-state index contributed by atoms with van der Waals surface area (Å²) in [5, 5.41) is 8.78. The molecule has 0 radical (unpaired) electrons. The lowest BCUT2D eigenvalue weighted by Crippen LogP contribution is -2.27. The van der Waals surface area contributed by atoms with Gasteiger partial charge in [-0.15, -0.1) is 11.3 Å². The highest BCUT2D eigenvalue weighted by Crippen LogP contribution is 2.29. The molecule has 0 unspecified atom stereocenters. The molecular weight excluding hydrogens is 256 g/mol. The molecule has 1 N–H and O–H groups in total. The molecule has 0 atom stereocenters. The fourth-order valence-corrected chi connectivity index (χ4v) is 2.35. The Bertz CT molecular complexity index is 579. The Labute approximate surface area is 107 Å². The van der Waals surface area contributed by atoms with E-state index >= 15 is 0 Å². The van der Waals surface area contributed by atoms with Crippen molar-refractivity contribution in [3.05, 3.63) is 27.5 Å². The van der Waals surface area contributed by atoms with Crippen LogP contribution in [0.1, 0.15) is 28.4 Å². The van der Waals surface area contributed by atoms with Gasteiger partial charge in [-0.3, -0.25) is 4.79 Å². The Kier molecular flexibility index (Phi) is 2.82. The Balaban J connectivity index is 2.36. The average molecular weight is 266 g/mol. The van der Waals surface area contributed by atoms with Gasteiger partial charge in [-0.25, -0.2) is 9.59 Å². The van der Waals surface area contributed by atoms with Crippen LogP contribution in [0.2, 0.25) is 0 Å². The number of carbonyl (C=O) groups is 3. The van der Waals surface area contributed by atoms with Gasteiger partial charge in [0.05, 0.1) is 0 Å². The molecule has 1 aliphatic rings. The zero-order valence-corrected chi connectivity index (χ0v) is 10.5. The first kappa shape index (κ1) is 12.5. The first-order chi connectivity index (χ1) is 8.31. The van der Waals surface area contributed by atoms with Gasteiger partial charge in [0.1, 0.15) is 10.5 Å². The molecule has 0 aromatic carbocycles. The summed E-state index contributed by atoms with van der Waals surface area (Å²) >= 11 is 0.996. The van der Waals surface area contributed by atoms with Crippen molar-refractivity contribution >= 4 is 35.1 Å². The van der Waals surface area contributed by atoms with Gasteiger partial charge < -0.3 is 9.84 Å². The number of hydrogen-bond acceptors (Lipinski definition) is 5. The third-order valence-electron chi connectivity index (χ3n) is 2.48. The highest BCUT2D eigenvalue weighted by atomic mass is 32.1. The van der Waals surface area contributed by atoms with E-state index in [1.54, 1.807) is 6.07 Å². The lowest BCUT2D eigenvalue weighted by molar-refractivity contribution is -0.147. The minimum Gasteiger partial charge on any atom is -0.477 e. The molecule has 1 aromatic rings. The Hall–Kier alpha value is -1.95. The number of carbonyl (C=O) groups excluding carboxylic acids is 2. The SMILES string of the molecule is CC1(C)OC(=O)C(=Cc2ccc(C(=O)O)s2)C1=O. The van der Waals surface area contributed by atoms with Crippen LogP contribution >= 0.6 is 11.3 Å². The molecule has 0 bridgehead atoms. The second kappa shape index (κ2) is 4.06. The number of hydrogen-bond donors (Lipinski definition) is 1. The largest absolute Gasteiger partial charge is 0.477 e. The Morgan fingerprint density at radius 3 is 2.50 bits per heavy atom. The molecule has 0 saturated carbocycles. The average Bonchev–Trinajstić information content (AvgIpc) is 2.78. The number of cyclic esters (lactones) is 1. The van der Waals surface area contributed by atoms with E-state index in [-0.39, 0.29) is 10.5 Å². The predicted molar refractivity (Wildman–Crippen MR) is 64.4 cm³/mol. The molecule has 0 spiro atoms. The van der Waals surface area contributed by atoms with Crippen molar-refractivity contribution in [1.29, 1.82) is 0 Å². The van der Waals surface area contributed by atoms with Gasteiger partial charge in [-0.05, 0) is 32.1 Å². The minimum absolute atomic E-state index is 0.0428. The molecular formula is C12H10O5S. The van der Waals surface area contributed by atoms with Crippen molar-refractivity contribution in [2.45, 2.75) is 19.4 Å². The number of ether oxygens (including phenoxy) is 1. The number of rotatable bonds is 2. The summed E-state index contributed by atoms with van der Waals surface area (Å²) in [7, 11) is 0. The van der Waals surface area contributed by atoms with Crippen LogP contribution in [0, 0.1) is 0 Å². The molecule has 94 valence electrons. The number of carboxylic acids is 1. The molecule has 5 nitrogen and oxygen atoms in total. The first-order valence-electron chi connectivity index (χ1n) is 5.14. The maximum atomic E-state index is 11.9. The van der Waals surface area contributed by atoms with Gasteiger partial charge in [-0.2, -0.15) is 0 Å².